The van der Waals surface area contributed by atoms with E-state index in [1.807, 2.05) is 23.0 Å². The van der Waals surface area contributed by atoms with Gasteiger partial charge in [-0.2, -0.15) is 5.10 Å². The SMILES string of the molecule is O=C(O)c1ccc2nn(Cc3ccc4ccccc4c3)cc2c1. The van der Waals surface area contributed by atoms with Gasteiger partial charge in [0.15, 0.2) is 0 Å². The number of carboxylic acid groups (broad SMARTS) is 1. The first-order valence-corrected chi connectivity index (χ1v) is 7.37. The van der Waals surface area contributed by atoms with Gasteiger partial charge in [-0.3, -0.25) is 4.68 Å². The highest BCUT2D eigenvalue weighted by atomic mass is 16.4. The van der Waals surface area contributed by atoms with E-state index in [-0.39, 0.29) is 5.56 Å². The summed E-state index contributed by atoms with van der Waals surface area (Å²) >= 11 is 0. The molecule has 0 fully saturated rings. The molecule has 1 heterocycles. The van der Waals surface area contributed by atoms with Crippen molar-refractivity contribution in [3.8, 4) is 0 Å². The zero-order valence-corrected chi connectivity index (χ0v) is 12.3. The van der Waals surface area contributed by atoms with E-state index in [4.69, 9.17) is 5.11 Å². The van der Waals surface area contributed by atoms with Crippen molar-refractivity contribution in [2.24, 2.45) is 0 Å². The molecular formula is C19H14N2O2. The third kappa shape index (κ3) is 2.55. The minimum absolute atomic E-state index is 0.280. The quantitative estimate of drug-likeness (QED) is 0.623. The van der Waals surface area contributed by atoms with Crippen molar-refractivity contribution < 1.29 is 9.90 Å². The Bertz CT molecular complexity index is 1030. The molecule has 1 aromatic heterocycles. The van der Waals surface area contributed by atoms with Crippen LogP contribution in [0, 0.1) is 0 Å². The maximum Gasteiger partial charge on any atom is 0.335 e. The number of rotatable bonds is 3. The van der Waals surface area contributed by atoms with E-state index in [0.717, 1.165) is 16.5 Å². The van der Waals surface area contributed by atoms with Gasteiger partial charge in [-0.1, -0.05) is 36.4 Å². The maximum absolute atomic E-state index is 11.0. The summed E-state index contributed by atoms with van der Waals surface area (Å²) in [6.45, 7) is 0.655. The maximum atomic E-state index is 11.0. The summed E-state index contributed by atoms with van der Waals surface area (Å²) in [5, 5.41) is 16.8. The fraction of sp³-hybridized carbons (Fsp3) is 0.0526. The van der Waals surface area contributed by atoms with Gasteiger partial charge in [0.1, 0.15) is 0 Å². The van der Waals surface area contributed by atoms with E-state index >= 15 is 0 Å². The van der Waals surface area contributed by atoms with Crippen LogP contribution in [0.5, 0.6) is 0 Å². The van der Waals surface area contributed by atoms with Crippen LogP contribution in [-0.4, -0.2) is 20.9 Å². The van der Waals surface area contributed by atoms with Crippen molar-refractivity contribution in [1.29, 1.82) is 0 Å². The lowest BCUT2D eigenvalue weighted by Crippen LogP contribution is -1.99. The number of aromatic nitrogens is 2. The predicted molar refractivity (Wildman–Crippen MR) is 89.7 cm³/mol. The fourth-order valence-corrected chi connectivity index (χ4v) is 2.82. The Morgan fingerprint density at radius 2 is 1.78 bits per heavy atom. The van der Waals surface area contributed by atoms with Crippen LogP contribution in [0.1, 0.15) is 15.9 Å². The van der Waals surface area contributed by atoms with Crippen LogP contribution in [0.25, 0.3) is 21.7 Å². The van der Waals surface area contributed by atoms with Gasteiger partial charge in [0.05, 0.1) is 17.6 Å². The average molecular weight is 302 g/mol. The lowest BCUT2D eigenvalue weighted by atomic mass is 10.1. The molecule has 0 radical (unpaired) electrons. The van der Waals surface area contributed by atoms with Gasteiger partial charge in [0, 0.05) is 11.6 Å². The summed E-state index contributed by atoms with van der Waals surface area (Å²) < 4.78 is 1.85. The summed E-state index contributed by atoms with van der Waals surface area (Å²) in [5.41, 5.74) is 2.24. The minimum atomic E-state index is -0.922. The van der Waals surface area contributed by atoms with Gasteiger partial charge in [0.2, 0.25) is 0 Å². The molecule has 4 rings (SSSR count). The molecule has 0 saturated carbocycles. The summed E-state index contributed by atoms with van der Waals surface area (Å²) in [5.74, 6) is -0.922. The van der Waals surface area contributed by atoms with Crippen LogP contribution < -0.4 is 0 Å². The third-order valence-electron chi connectivity index (χ3n) is 3.96. The van der Waals surface area contributed by atoms with Crippen LogP contribution in [0.3, 0.4) is 0 Å². The van der Waals surface area contributed by atoms with Crippen molar-refractivity contribution in [1.82, 2.24) is 9.78 Å². The molecule has 4 heteroatoms. The molecule has 112 valence electrons. The van der Waals surface area contributed by atoms with E-state index in [1.165, 1.54) is 10.8 Å². The topological polar surface area (TPSA) is 55.1 Å². The highest BCUT2D eigenvalue weighted by Gasteiger charge is 2.07. The molecular weight excluding hydrogens is 288 g/mol. The van der Waals surface area contributed by atoms with Crippen LogP contribution in [0.4, 0.5) is 0 Å². The average Bonchev–Trinajstić information content (AvgIpc) is 2.96. The molecule has 0 amide bonds. The molecule has 3 aromatic carbocycles. The molecule has 23 heavy (non-hydrogen) atoms. The molecule has 0 aliphatic carbocycles. The lowest BCUT2D eigenvalue weighted by Gasteiger charge is -2.04. The van der Waals surface area contributed by atoms with Crippen LogP contribution in [-0.2, 0) is 6.54 Å². The Hall–Kier alpha value is -3.14. The summed E-state index contributed by atoms with van der Waals surface area (Å²) in [6, 6.07) is 19.6. The molecule has 4 aromatic rings. The number of benzene rings is 3. The number of hydrogen-bond donors (Lipinski definition) is 1. The molecule has 0 bridgehead atoms. The second kappa shape index (κ2) is 5.25. The smallest absolute Gasteiger partial charge is 0.335 e. The number of hydrogen-bond acceptors (Lipinski definition) is 2. The first kappa shape index (κ1) is 13.5. The Labute approximate surface area is 132 Å². The number of fused-ring (bicyclic) bond motifs is 2. The molecule has 0 unspecified atom stereocenters. The summed E-state index contributed by atoms with van der Waals surface area (Å²) in [7, 11) is 0. The Balaban J connectivity index is 1.69. The van der Waals surface area contributed by atoms with Gasteiger partial charge < -0.3 is 5.11 Å². The number of aromatic carboxylic acids is 1. The van der Waals surface area contributed by atoms with Crippen molar-refractivity contribution in [3.63, 3.8) is 0 Å². The third-order valence-corrected chi connectivity index (χ3v) is 3.96. The first-order chi connectivity index (χ1) is 11.2. The minimum Gasteiger partial charge on any atom is -0.478 e. The fourth-order valence-electron chi connectivity index (χ4n) is 2.82. The van der Waals surface area contributed by atoms with Crippen LogP contribution in [0.2, 0.25) is 0 Å². The highest BCUT2D eigenvalue weighted by Crippen LogP contribution is 2.18. The van der Waals surface area contributed by atoms with E-state index < -0.39 is 5.97 Å². The molecule has 0 spiro atoms. The number of carboxylic acids is 1. The number of carbonyl (C=O) groups is 1. The Morgan fingerprint density at radius 3 is 2.61 bits per heavy atom. The van der Waals surface area contributed by atoms with Crippen molar-refractivity contribution in [2.45, 2.75) is 6.54 Å². The van der Waals surface area contributed by atoms with Crippen molar-refractivity contribution >= 4 is 27.6 Å². The Kier molecular flexibility index (Phi) is 3.08. The van der Waals surface area contributed by atoms with Crippen LogP contribution >= 0.6 is 0 Å². The zero-order valence-electron chi connectivity index (χ0n) is 12.3. The van der Waals surface area contributed by atoms with E-state index in [0.29, 0.717) is 6.54 Å². The molecule has 4 nitrogen and oxygen atoms in total. The van der Waals surface area contributed by atoms with E-state index in [2.05, 4.69) is 35.4 Å². The second-order valence-electron chi connectivity index (χ2n) is 5.59. The molecule has 1 N–H and O–H groups in total. The van der Waals surface area contributed by atoms with E-state index in [1.54, 1.807) is 18.2 Å². The van der Waals surface area contributed by atoms with Crippen molar-refractivity contribution in [2.75, 3.05) is 0 Å². The van der Waals surface area contributed by atoms with Gasteiger partial charge in [-0.25, -0.2) is 4.79 Å². The standard InChI is InChI=1S/C19H14N2O2/c22-19(23)16-7-8-18-17(10-16)12-21(20-18)11-13-5-6-14-3-1-2-4-15(14)9-13/h1-10,12H,11H2,(H,22,23). The second-order valence-corrected chi connectivity index (χ2v) is 5.59. The van der Waals surface area contributed by atoms with Gasteiger partial charge in [-0.05, 0) is 40.6 Å². The summed E-state index contributed by atoms with van der Waals surface area (Å²) in [4.78, 5) is 11.0. The molecule has 0 saturated heterocycles. The molecule has 0 aliphatic rings. The Morgan fingerprint density at radius 1 is 0.957 bits per heavy atom. The van der Waals surface area contributed by atoms with Crippen LogP contribution in [0.15, 0.2) is 66.9 Å². The first-order valence-electron chi connectivity index (χ1n) is 7.37. The zero-order chi connectivity index (χ0) is 15.8. The molecule has 0 aliphatic heterocycles. The molecule has 0 atom stereocenters. The number of nitrogens with zero attached hydrogens (tertiary/aromatic N) is 2. The normalized spacial score (nSPS) is 11.1. The van der Waals surface area contributed by atoms with Gasteiger partial charge in [0.25, 0.3) is 0 Å². The van der Waals surface area contributed by atoms with Gasteiger partial charge in [-0.15, -0.1) is 0 Å². The van der Waals surface area contributed by atoms with E-state index in [9.17, 15) is 4.79 Å². The lowest BCUT2D eigenvalue weighted by molar-refractivity contribution is 0.0697. The predicted octanol–water partition coefficient (Wildman–Crippen LogP) is 3.94. The highest BCUT2D eigenvalue weighted by molar-refractivity contribution is 5.93. The van der Waals surface area contributed by atoms with Crippen molar-refractivity contribution in [3.05, 3.63) is 78.0 Å². The monoisotopic (exact) mass is 302 g/mol. The largest absolute Gasteiger partial charge is 0.478 e. The summed E-state index contributed by atoms with van der Waals surface area (Å²) in [6.07, 6.45) is 1.89. The van der Waals surface area contributed by atoms with Gasteiger partial charge >= 0.3 is 5.97 Å².